The highest BCUT2D eigenvalue weighted by Gasteiger charge is 2.49. The van der Waals surface area contributed by atoms with Crippen LogP contribution in [0.4, 0.5) is 17.1 Å². The summed E-state index contributed by atoms with van der Waals surface area (Å²) >= 11 is 0. The highest BCUT2D eigenvalue weighted by molar-refractivity contribution is 6.09. The molecule has 0 radical (unpaired) electrons. The normalized spacial score (nSPS) is 18.7. The largest absolute Gasteiger partial charge is 0.347 e. The third kappa shape index (κ3) is 9.26. The summed E-state index contributed by atoms with van der Waals surface area (Å²) < 4.78 is 2.51. The molecule has 3 aliphatic heterocycles. The minimum Gasteiger partial charge on any atom is -0.347 e. The number of nitrogens with zero attached hydrogens (tertiary/aromatic N) is 3. The summed E-state index contributed by atoms with van der Waals surface area (Å²) in [5.74, 6) is -0.108. The maximum absolute atomic E-state index is 5.04. The lowest BCUT2D eigenvalue weighted by atomic mass is 9.67. The third-order valence-corrected chi connectivity index (χ3v) is 20.8. The maximum Gasteiger partial charge on any atom is 0.210 e. The van der Waals surface area contributed by atoms with Gasteiger partial charge in [0.2, 0.25) is 5.69 Å². The van der Waals surface area contributed by atoms with Crippen LogP contribution in [0.3, 0.4) is 0 Å². The van der Waals surface area contributed by atoms with Crippen LogP contribution in [0.1, 0.15) is 103 Å². The minimum atomic E-state index is -0.486. The van der Waals surface area contributed by atoms with E-state index in [9.17, 15) is 0 Å². The Hall–Kier alpha value is -9.57. The Kier molecular flexibility index (Phi) is 14.1. The van der Waals surface area contributed by atoms with Crippen LogP contribution in [-0.2, 0) is 34.5 Å². The van der Waals surface area contributed by atoms with Gasteiger partial charge in [-0.05, 0) is 150 Å². The van der Waals surface area contributed by atoms with Crippen molar-refractivity contribution in [1.29, 1.82) is 0 Å². The highest BCUT2D eigenvalue weighted by atomic mass is 15.2. The number of aryl methyl sites for hydroxylation is 1. The average molecular weight is 1160 g/mol. The third-order valence-electron chi connectivity index (χ3n) is 20.8. The van der Waals surface area contributed by atoms with Crippen LogP contribution in [0.2, 0.25) is 0 Å². The number of hydrogen-bond donors (Lipinski definition) is 0. The Morgan fingerprint density at radius 1 is 0.517 bits per heavy atom. The molecule has 3 unspecified atom stereocenters. The van der Waals surface area contributed by atoms with Gasteiger partial charge in [-0.25, -0.2) is 0 Å². The van der Waals surface area contributed by atoms with Gasteiger partial charge in [-0.1, -0.05) is 266 Å². The Labute approximate surface area is 527 Å². The van der Waals surface area contributed by atoms with Gasteiger partial charge in [-0.15, -0.1) is 0 Å². The van der Waals surface area contributed by atoms with Crippen LogP contribution in [0.15, 0.2) is 284 Å². The van der Waals surface area contributed by atoms with Gasteiger partial charge in [0.1, 0.15) is 7.05 Å². The van der Waals surface area contributed by atoms with Crippen molar-refractivity contribution in [2.24, 2.45) is 0 Å². The molecule has 11 aromatic carbocycles. The van der Waals surface area contributed by atoms with Gasteiger partial charge >= 0.3 is 0 Å². The molecule has 0 N–H and O–H groups in total. The average Bonchev–Trinajstić information content (AvgIpc) is 1.74. The van der Waals surface area contributed by atoms with Crippen LogP contribution in [0, 0.1) is 6.92 Å². The van der Waals surface area contributed by atoms with E-state index in [1.807, 2.05) is 0 Å². The molecule has 11 aromatic rings. The molecule has 14 rings (SSSR count). The summed E-state index contributed by atoms with van der Waals surface area (Å²) in [5.41, 5.74) is 20.6. The lowest BCUT2D eigenvalue weighted by Crippen LogP contribution is -2.33. The van der Waals surface area contributed by atoms with Crippen molar-refractivity contribution in [1.82, 2.24) is 0 Å². The Morgan fingerprint density at radius 2 is 0.978 bits per heavy atom. The molecule has 0 spiro atoms. The SMILES string of the molecule is C=C(/C=C/C=C1/N(C)c2ccc3ccccc3c2C1(C)C)C(C)(Cc1ccccc1)c1c(C)cc(C(c2ccccc2)c2cc3c(c4ccccc24)C(C)(Cc2ccccc2)C(/C=C/C=C2/N(C)c4ccc5ccccc5c4C2(C)C)=[N+]3C)c2ccccc12. The van der Waals surface area contributed by atoms with Gasteiger partial charge in [-0.3, -0.25) is 0 Å². The first kappa shape index (κ1) is 57.2. The molecule has 3 nitrogen and oxygen atoms in total. The Morgan fingerprint density at radius 3 is 1.55 bits per heavy atom. The molecule has 0 saturated heterocycles. The fraction of sp³-hybridized carbons (Fsp3) is 0.198. The van der Waals surface area contributed by atoms with Crippen molar-refractivity contribution in [2.75, 3.05) is 30.9 Å². The van der Waals surface area contributed by atoms with Crippen molar-refractivity contribution in [3.05, 3.63) is 340 Å². The molecule has 89 heavy (non-hydrogen) atoms. The van der Waals surface area contributed by atoms with E-state index in [0.717, 1.165) is 18.4 Å². The van der Waals surface area contributed by atoms with E-state index in [2.05, 4.69) is 345 Å². The lowest BCUT2D eigenvalue weighted by molar-refractivity contribution is -0.401. The first-order valence-corrected chi connectivity index (χ1v) is 31.8. The summed E-state index contributed by atoms with van der Waals surface area (Å²) in [6.07, 6.45) is 15.6. The molecule has 3 atom stereocenters. The quantitative estimate of drug-likeness (QED) is 0.0647. The van der Waals surface area contributed by atoms with E-state index in [0.29, 0.717) is 0 Å². The fourth-order valence-corrected chi connectivity index (χ4v) is 16.7. The molecule has 3 heterocycles. The molecule has 3 heteroatoms. The summed E-state index contributed by atoms with van der Waals surface area (Å²) in [4.78, 5) is 4.79. The number of rotatable bonds is 13. The number of likely N-dealkylation sites (N-methyl/N-ethyl adjacent to an activating group) is 2. The van der Waals surface area contributed by atoms with Crippen LogP contribution in [-0.4, -0.2) is 31.4 Å². The van der Waals surface area contributed by atoms with Crippen molar-refractivity contribution in [3.8, 4) is 0 Å². The van der Waals surface area contributed by atoms with Gasteiger partial charge in [0.05, 0.1) is 5.41 Å². The molecule has 0 amide bonds. The highest BCUT2D eigenvalue weighted by Crippen LogP contribution is 2.54. The van der Waals surface area contributed by atoms with Crippen LogP contribution in [0.25, 0.3) is 43.1 Å². The standard InChI is InChI=1S/C86H80N3/c1-57-53-70(66-42-25-27-44-68(66)79(57)85(7,55-59-32-15-12-16-33-59)58(2)31-29-46-75-83(3,4)80-64-40-23-21-36-61(64)49-51-72(80)87(75)9)78(63-38-19-14-20-39-63)71-54-74-82(69-45-28-26-43-67(69)71)86(8,56-60-34-17-13-18-35-60)77(89(74)11)48-30-47-76-84(5,6)81-65-41-24-22-37-62(65)50-52-73(81)88(76)10/h12-54,78H,2,55-56H2,1,3-11H3/q+1/b31-29+,75-46+. The molecule has 438 valence electrons. The van der Waals surface area contributed by atoms with Crippen LogP contribution in [0.5, 0.6) is 0 Å². The van der Waals surface area contributed by atoms with E-state index in [1.54, 1.807) is 0 Å². The summed E-state index contributed by atoms with van der Waals surface area (Å²) in [6.45, 7) is 21.8. The predicted molar refractivity (Wildman–Crippen MR) is 380 cm³/mol. The van der Waals surface area contributed by atoms with Gasteiger partial charge in [0, 0.05) is 76.7 Å². The maximum atomic E-state index is 5.04. The molecular formula is C86H80N3+. The van der Waals surface area contributed by atoms with E-state index >= 15 is 0 Å². The molecular weight excluding hydrogens is 1070 g/mol. The predicted octanol–water partition coefficient (Wildman–Crippen LogP) is 20.8. The van der Waals surface area contributed by atoms with E-state index in [-0.39, 0.29) is 22.2 Å². The van der Waals surface area contributed by atoms with Crippen LogP contribution < -0.4 is 9.80 Å². The number of fused-ring (bicyclic) bond motifs is 10. The van der Waals surface area contributed by atoms with Crippen LogP contribution >= 0.6 is 0 Å². The summed E-state index contributed by atoms with van der Waals surface area (Å²) in [7, 11) is 6.75. The zero-order valence-corrected chi connectivity index (χ0v) is 53.4. The first-order chi connectivity index (χ1) is 43.0. The van der Waals surface area contributed by atoms with E-state index in [1.165, 1.54) is 133 Å². The second-order valence-electron chi connectivity index (χ2n) is 27.0. The smallest absolute Gasteiger partial charge is 0.210 e. The molecule has 0 aliphatic carbocycles. The van der Waals surface area contributed by atoms with Gasteiger partial charge in [0.15, 0.2) is 5.71 Å². The minimum absolute atomic E-state index is 0.108. The molecule has 3 aliphatic rings. The molecule has 0 fully saturated rings. The van der Waals surface area contributed by atoms with Gasteiger partial charge < -0.3 is 9.80 Å². The number of benzene rings is 11. The zero-order chi connectivity index (χ0) is 61.6. The Balaban J connectivity index is 0.913. The van der Waals surface area contributed by atoms with Crippen molar-refractivity contribution < 1.29 is 4.58 Å². The zero-order valence-electron chi connectivity index (χ0n) is 53.4. The second-order valence-corrected chi connectivity index (χ2v) is 27.0. The molecule has 0 bridgehead atoms. The van der Waals surface area contributed by atoms with E-state index in [4.69, 9.17) is 6.58 Å². The number of hydrogen-bond acceptors (Lipinski definition) is 2. The van der Waals surface area contributed by atoms with Crippen molar-refractivity contribution >= 4 is 65.9 Å². The summed E-state index contributed by atoms with van der Waals surface area (Å²) in [5, 5.41) is 10.3. The van der Waals surface area contributed by atoms with Crippen molar-refractivity contribution in [2.45, 2.75) is 88.9 Å². The van der Waals surface area contributed by atoms with E-state index < -0.39 is 5.41 Å². The van der Waals surface area contributed by atoms with Gasteiger partial charge in [-0.2, -0.15) is 4.58 Å². The first-order valence-electron chi connectivity index (χ1n) is 31.8. The topological polar surface area (TPSA) is 9.49 Å². The molecule has 0 aromatic heterocycles. The summed E-state index contributed by atoms with van der Waals surface area (Å²) in [6, 6.07) is 83.8. The fourth-order valence-electron chi connectivity index (χ4n) is 16.7. The monoisotopic (exact) mass is 1150 g/mol. The van der Waals surface area contributed by atoms with Crippen molar-refractivity contribution in [3.63, 3.8) is 0 Å². The lowest BCUT2D eigenvalue weighted by Gasteiger charge is -2.36. The second kappa shape index (κ2) is 21.9. The number of anilines is 2. The number of allylic oxidation sites excluding steroid dienone is 9. The molecule has 0 saturated carbocycles. The Bertz CT molecular complexity index is 4820. The van der Waals surface area contributed by atoms with Gasteiger partial charge in [0.25, 0.3) is 0 Å².